The smallest absolute Gasteiger partial charge is 0.323 e. The number of thiophene rings is 1. The lowest BCUT2D eigenvalue weighted by Gasteiger charge is -2.22. The van der Waals surface area contributed by atoms with Crippen LogP contribution in [0.4, 0.5) is 5.69 Å². The van der Waals surface area contributed by atoms with Crippen molar-refractivity contribution in [2.24, 2.45) is 0 Å². The van der Waals surface area contributed by atoms with Crippen molar-refractivity contribution in [1.82, 2.24) is 0 Å². The van der Waals surface area contributed by atoms with Gasteiger partial charge in [0.2, 0.25) is 0 Å². The second kappa shape index (κ2) is 6.41. The molecular formula is C13H11BrClNO2S. The summed E-state index contributed by atoms with van der Waals surface area (Å²) in [7, 11) is 0. The molecule has 0 aliphatic heterocycles. The second-order valence-electron chi connectivity index (χ2n) is 3.92. The van der Waals surface area contributed by atoms with Crippen LogP contribution in [0.5, 0.6) is 0 Å². The first-order valence-electron chi connectivity index (χ1n) is 5.50. The number of anilines is 1. The molecule has 0 fully saturated rings. The van der Waals surface area contributed by atoms with Gasteiger partial charge in [-0.1, -0.05) is 11.6 Å². The Hall–Kier alpha value is -1.04. The number of hydrogen-bond acceptors (Lipinski definition) is 3. The van der Waals surface area contributed by atoms with Gasteiger partial charge in [-0.25, -0.2) is 0 Å². The third-order valence-corrected chi connectivity index (χ3v) is 4.71. The summed E-state index contributed by atoms with van der Waals surface area (Å²) in [5.74, 6) is -0.859. The van der Waals surface area contributed by atoms with Gasteiger partial charge in [-0.05, 0) is 51.6 Å². The van der Waals surface area contributed by atoms with Crippen molar-refractivity contribution in [1.29, 1.82) is 0 Å². The Morgan fingerprint density at radius 2 is 2.00 bits per heavy atom. The summed E-state index contributed by atoms with van der Waals surface area (Å²) in [5, 5.41) is 11.6. The van der Waals surface area contributed by atoms with Crippen molar-refractivity contribution in [2.75, 3.05) is 11.4 Å². The molecule has 19 heavy (non-hydrogen) atoms. The maximum atomic E-state index is 11.0. The third-order valence-electron chi connectivity index (χ3n) is 2.54. The fourth-order valence-electron chi connectivity index (χ4n) is 1.66. The number of hydrogen-bond donors (Lipinski definition) is 1. The molecule has 0 radical (unpaired) electrons. The number of rotatable bonds is 5. The highest BCUT2D eigenvalue weighted by Gasteiger charge is 2.13. The van der Waals surface area contributed by atoms with E-state index >= 15 is 0 Å². The normalized spacial score (nSPS) is 10.4. The van der Waals surface area contributed by atoms with Crippen LogP contribution in [0.15, 0.2) is 40.2 Å². The Labute approximate surface area is 128 Å². The van der Waals surface area contributed by atoms with Crippen molar-refractivity contribution in [3.05, 3.63) is 50.1 Å². The molecule has 0 atom stereocenters. The van der Waals surface area contributed by atoms with E-state index in [9.17, 15) is 4.79 Å². The van der Waals surface area contributed by atoms with Crippen LogP contribution in [0.25, 0.3) is 0 Å². The molecule has 0 aliphatic rings. The van der Waals surface area contributed by atoms with Gasteiger partial charge in [0.05, 0.1) is 6.54 Å². The predicted octanol–water partition coefficient (Wildman–Crippen LogP) is 4.26. The minimum absolute atomic E-state index is 0.0496. The van der Waals surface area contributed by atoms with Crippen molar-refractivity contribution in [2.45, 2.75) is 6.54 Å². The highest BCUT2D eigenvalue weighted by Crippen LogP contribution is 2.27. The second-order valence-corrected chi connectivity index (χ2v) is 6.21. The van der Waals surface area contributed by atoms with Crippen molar-refractivity contribution in [3.63, 3.8) is 0 Å². The van der Waals surface area contributed by atoms with E-state index < -0.39 is 5.97 Å². The van der Waals surface area contributed by atoms with E-state index in [2.05, 4.69) is 15.9 Å². The molecule has 2 aromatic rings. The van der Waals surface area contributed by atoms with Gasteiger partial charge in [0.1, 0.15) is 6.54 Å². The van der Waals surface area contributed by atoms with Crippen LogP contribution in [0.1, 0.15) is 4.88 Å². The van der Waals surface area contributed by atoms with Crippen molar-refractivity contribution in [3.8, 4) is 0 Å². The molecule has 0 saturated carbocycles. The van der Waals surface area contributed by atoms with Crippen LogP contribution in [0.3, 0.4) is 0 Å². The van der Waals surface area contributed by atoms with Gasteiger partial charge in [0.15, 0.2) is 0 Å². The van der Waals surface area contributed by atoms with Gasteiger partial charge in [0, 0.05) is 20.1 Å². The minimum Gasteiger partial charge on any atom is -0.480 e. The van der Waals surface area contributed by atoms with Gasteiger partial charge >= 0.3 is 5.97 Å². The van der Waals surface area contributed by atoms with Crippen LogP contribution in [0.2, 0.25) is 5.02 Å². The molecule has 1 heterocycles. The van der Waals surface area contributed by atoms with Crippen LogP contribution < -0.4 is 4.90 Å². The van der Waals surface area contributed by atoms with Crippen LogP contribution in [0, 0.1) is 0 Å². The Morgan fingerprint density at radius 1 is 1.32 bits per heavy atom. The van der Waals surface area contributed by atoms with E-state index in [4.69, 9.17) is 16.7 Å². The minimum atomic E-state index is -0.859. The first kappa shape index (κ1) is 14.4. The standard InChI is InChI=1S/C13H11BrClNO2S/c14-11-5-6-19-12(11)7-16(8-13(17)18)10-3-1-9(15)2-4-10/h1-6H,7-8H2,(H,17,18). The van der Waals surface area contributed by atoms with Crippen molar-refractivity contribution >= 4 is 50.5 Å². The molecule has 1 N–H and O–H groups in total. The monoisotopic (exact) mass is 359 g/mol. The Morgan fingerprint density at radius 3 is 2.53 bits per heavy atom. The van der Waals surface area contributed by atoms with Crippen molar-refractivity contribution < 1.29 is 9.90 Å². The van der Waals surface area contributed by atoms with Gasteiger partial charge in [-0.2, -0.15) is 0 Å². The summed E-state index contributed by atoms with van der Waals surface area (Å²) < 4.78 is 1.00. The summed E-state index contributed by atoms with van der Waals surface area (Å²) in [6.45, 7) is 0.498. The Kier molecular flexibility index (Phi) is 4.85. The molecule has 3 nitrogen and oxygen atoms in total. The number of nitrogens with zero attached hydrogens (tertiary/aromatic N) is 1. The van der Waals surface area contributed by atoms with Gasteiger partial charge in [-0.15, -0.1) is 11.3 Å². The molecule has 0 spiro atoms. The molecule has 1 aromatic carbocycles. The largest absolute Gasteiger partial charge is 0.480 e. The van der Waals surface area contributed by atoms with Crippen LogP contribution in [-0.2, 0) is 11.3 Å². The zero-order valence-electron chi connectivity index (χ0n) is 9.85. The van der Waals surface area contributed by atoms with E-state index in [1.54, 1.807) is 28.4 Å². The average molecular weight is 361 g/mol. The zero-order chi connectivity index (χ0) is 13.8. The van der Waals surface area contributed by atoms with E-state index in [0.29, 0.717) is 11.6 Å². The fraction of sp³-hybridized carbons (Fsp3) is 0.154. The lowest BCUT2D eigenvalue weighted by molar-refractivity contribution is -0.135. The first-order chi connectivity index (χ1) is 9.06. The molecule has 1 aromatic heterocycles. The maximum Gasteiger partial charge on any atom is 0.323 e. The van der Waals surface area contributed by atoms with Crippen LogP contribution in [-0.4, -0.2) is 17.6 Å². The van der Waals surface area contributed by atoms with Crippen LogP contribution >= 0.6 is 38.9 Å². The lowest BCUT2D eigenvalue weighted by Crippen LogP contribution is -2.28. The van der Waals surface area contributed by atoms with Gasteiger partial charge in [0.25, 0.3) is 0 Å². The molecule has 0 unspecified atom stereocenters. The number of halogens is 2. The number of carboxylic acid groups (broad SMARTS) is 1. The molecule has 0 aliphatic carbocycles. The summed E-state index contributed by atoms with van der Waals surface area (Å²) in [4.78, 5) is 13.9. The zero-order valence-corrected chi connectivity index (χ0v) is 13.0. The predicted molar refractivity (Wildman–Crippen MR) is 82.2 cm³/mol. The summed E-state index contributed by atoms with van der Waals surface area (Å²) >= 11 is 10.9. The van der Waals surface area contributed by atoms with E-state index in [-0.39, 0.29) is 6.54 Å². The number of benzene rings is 1. The Bertz CT molecular complexity index is 570. The molecule has 0 amide bonds. The topological polar surface area (TPSA) is 40.5 Å². The van der Waals surface area contributed by atoms with E-state index in [1.807, 2.05) is 23.6 Å². The number of carboxylic acids is 1. The highest BCUT2D eigenvalue weighted by atomic mass is 79.9. The van der Waals surface area contributed by atoms with E-state index in [1.165, 1.54) is 0 Å². The highest BCUT2D eigenvalue weighted by molar-refractivity contribution is 9.10. The number of aliphatic carboxylic acids is 1. The average Bonchev–Trinajstić information content (AvgIpc) is 2.75. The SMILES string of the molecule is O=C(O)CN(Cc1sccc1Br)c1ccc(Cl)cc1. The molecule has 2 rings (SSSR count). The molecule has 0 saturated heterocycles. The fourth-order valence-corrected chi connectivity index (χ4v) is 3.28. The maximum absolute atomic E-state index is 11.0. The Balaban J connectivity index is 2.23. The summed E-state index contributed by atoms with van der Waals surface area (Å²) in [6.07, 6.45) is 0. The third kappa shape index (κ3) is 3.96. The molecular weight excluding hydrogens is 350 g/mol. The lowest BCUT2D eigenvalue weighted by atomic mass is 10.2. The first-order valence-corrected chi connectivity index (χ1v) is 7.55. The van der Waals surface area contributed by atoms with E-state index in [0.717, 1.165) is 15.0 Å². The number of carbonyl (C=O) groups is 1. The summed E-state index contributed by atoms with van der Waals surface area (Å²) in [6, 6.07) is 9.13. The van der Waals surface area contributed by atoms with Gasteiger partial charge < -0.3 is 10.0 Å². The quantitative estimate of drug-likeness (QED) is 0.866. The molecule has 100 valence electrons. The van der Waals surface area contributed by atoms with Gasteiger partial charge in [-0.3, -0.25) is 4.79 Å². The molecule has 0 bridgehead atoms. The summed E-state index contributed by atoms with van der Waals surface area (Å²) in [5.41, 5.74) is 0.840. The molecule has 6 heteroatoms.